The molecule has 2 rings (SSSR count). The molecule has 0 aromatic carbocycles. The summed E-state index contributed by atoms with van der Waals surface area (Å²) in [5, 5.41) is 2.81. The number of nitrogens with one attached hydrogen (secondary N) is 1. The first-order valence-electron chi connectivity index (χ1n) is 6.85. The predicted octanol–water partition coefficient (Wildman–Crippen LogP) is 2.01. The third-order valence-corrected chi connectivity index (χ3v) is 6.67. The van der Waals surface area contributed by atoms with Gasteiger partial charge in [-0.25, -0.2) is 13.2 Å². The number of carbonyl (C=O) groups is 1. The lowest BCUT2D eigenvalue weighted by molar-refractivity contribution is 0.0490. The van der Waals surface area contributed by atoms with Gasteiger partial charge in [-0.2, -0.15) is 0 Å². The van der Waals surface area contributed by atoms with Gasteiger partial charge in [-0.15, -0.1) is 0 Å². The van der Waals surface area contributed by atoms with Crippen molar-refractivity contribution in [3.63, 3.8) is 0 Å². The largest absolute Gasteiger partial charge is 0.444 e. The number of hydrogen-bond acceptors (Lipinski definition) is 4. The molecule has 19 heavy (non-hydrogen) atoms. The smallest absolute Gasteiger partial charge is 0.407 e. The van der Waals surface area contributed by atoms with Crippen LogP contribution in [0.5, 0.6) is 0 Å². The van der Waals surface area contributed by atoms with Crippen LogP contribution in [0.3, 0.4) is 0 Å². The van der Waals surface area contributed by atoms with Gasteiger partial charge in [0.2, 0.25) is 0 Å². The van der Waals surface area contributed by atoms with Crippen LogP contribution < -0.4 is 5.32 Å². The highest BCUT2D eigenvalue weighted by molar-refractivity contribution is 7.92. The number of rotatable bonds is 1. The fourth-order valence-corrected chi connectivity index (χ4v) is 5.27. The van der Waals surface area contributed by atoms with Crippen LogP contribution in [0.4, 0.5) is 4.79 Å². The standard InChI is InChI=1S/C13H23NO4S/c1-12(2,3)18-11(15)14-10-5-8-19(16,17)13(9-10)6-4-7-13/h10H,4-9H2,1-3H3,(H,14,15). The molecule has 0 radical (unpaired) electrons. The van der Waals surface area contributed by atoms with Gasteiger partial charge in [0.05, 0.1) is 10.5 Å². The number of amides is 1. The Morgan fingerprint density at radius 1 is 1.32 bits per heavy atom. The van der Waals surface area contributed by atoms with Crippen molar-refractivity contribution < 1.29 is 17.9 Å². The van der Waals surface area contributed by atoms with Crippen LogP contribution in [0.25, 0.3) is 0 Å². The van der Waals surface area contributed by atoms with Crippen LogP contribution in [0.1, 0.15) is 52.9 Å². The molecule has 5 nitrogen and oxygen atoms in total. The second kappa shape index (κ2) is 4.65. The highest BCUT2D eigenvalue weighted by Crippen LogP contribution is 2.46. The molecule has 0 aromatic rings. The van der Waals surface area contributed by atoms with Gasteiger partial charge in [-0.1, -0.05) is 6.42 Å². The zero-order valence-corrected chi connectivity index (χ0v) is 12.7. The molecule has 6 heteroatoms. The number of hydrogen-bond donors (Lipinski definition) is 1. The molecule has 2 aliphatic rings. The van der Waals surface area contributed by atoms with Crippen LogP contribution >= 0.6 is 0 Å². The molecule has 1 heterocycles. The van der Waals surface area contributed by atoms with Crippen molar-refractivity contribution in [2.75, 3.05) is 5.75 Å². The van der Waals surface area contributed by atoms with E-state index in [1.807, 2.05) is 20.8 Å². The topological polar surface area (TPSA) is 72.5 Å². The lowest BCUT2D eigenvalue weighted by atomic mass is 9.79. The fourth-order valence-electron chi connectivity index (χ4n) is 2.88. The minimum Gasteiger partial charge on any atom is -0.444 e. The van der Waals surface area contributed by atoms with E-state index in [0.717, 1.165) is 19.3 Å². The van der Waals surface area contributed by atoms with Crippen LogP contribution in [-0.4, -0.2) is 36.7 Å². The van der Waals surface area contributed by atoms with Crippen molar-refractivity contribution in [3.8, 4) is 0 Å². The molecule has 1 atom stereocenters. The van der Waals surface area contributed by atoms with E-state index in [-0.39, 0.29) is 11.8 Å². The lowest BCUT2D eigenvalue weighted by Gasteiger charge is -2.46. The van der Waals surface area contributed by atoms with E-state index < -0.39 is 26.3 Å². The Hall–Kier alpha value is -0.780. The zero-order chi connectivity index (χ0) is 14.3. The highest BCUT2D eigenvalue weighted by Gasteiger charge is 2.52. The Bertz CT molecular complexity index is 460. The van der Waals surface area contributed by atoms with E-state index in [2.05, 4.69) is 5.32 Å². The first-order valence-corrected chi connectivity index (χ1v) is 8.51. The maximum atomic E-state index is 12.1. The summed E-state index contributed by atoms with van der Waals surface area (Å²) in [7, 11) is -2.98. The number of ether oxygens (including phenoxy) is 1. The molecular formula is C13H23NO4S. The van der Waals surface area contributed by atoms with Crippen LogP contribution in [-0.2, 0) is 14.6 Å². The molecule has 1 saturated carbocycles. The van der Waals surface area contributed by atoms with E-state index in [1.54, 1.807) is 0 Å². The molecule has 0 bridgehead atoms. The Morgan fingerprint density at radius 3 is 2.42 bits per heavy atom. The second-order valence-corrected chi connectivity index (χ2v) is 9.20. The van der Waals surface area contributed by atoms with Gasteiger partial charge in [-0.05, 0) is 46.5 Å². The van der Waals surface area contributed by atoms with Crippen molar-refractivity contribution in [1.29, 1.82) is 0 Å². The van der Waals surface area contributed by atoms with Crippen LogP contribution in [0.15, 0.2) is 0 Å². The van der Waals surface area contributed by atoms with Crippen molar-refractivity contribution in [2.24, 2.45) is 0 Å². The summed E-state index contributed by atoms with van der Waals surface area (Å²) in [4.78, 5) is 11.7. The summed E-state index contributed by atoms with van der Waals surface area (Å²) in [6, 6.07) is -0.0846. The van der Waals surface area contributed by atoms with Gasteiger partial charge in [-0.3, -0.25) is 0 Å². The summed E-state index contributed by atoms with van der Waals surface area (Å²) in [6.45, 7) is 5.43. The van der Waals surface area contributed by atoms with E-state index in [1.165, 1.54) is 0 Å². The molecule has 1 amide bonds. The van der Waals surface area contributed by atoms with Crippen molar-refractivity contribution >= 4 is 15.9 Å². The molecule has 1 spiro atoms. The average Bonchev–Trinajstić information content (AvgIpc) is 2.15. The van der Waals surface area contributed by atoms with Gasteiger partial charge < -0.3 is 10.1 Å². The van der Waals surface area contributed by atoms with E-state index >= 15 is 0 Å². The summed E-state index contributed by atoms with van der Waals surface area (Å²) in [5.74, 6) is 0.174. The Kier molecular flexibility index (Phi) is 3.58. The van der Waals surface area contributed by atoms with Gasteiger partial charge in [0, 0.05) is 6.04 Å². The van der Waals surface area contributed by atoms with E-state index in [4.69, 9.17) is 4.74 Å². The Morgan fingerprint density at radius 2 is 1.95 bits per heavy atom. The summed E-state index contributed by atoms with van der Waals surface area (Å²) in [6.07, 6.45) is 3.02. The molecule has 1 aliphatic heterocycles. The Balaban J connectivity index is 1.96. The van der Waals surface area contributed by atoms with Crippen LogP contribution in [0.2, 0.25) is 0 Å². The molecule has 0 aromatic heterocycles. The zero-order valence-electron chi connectivity index (χ0n) is 11.9. The third-order valence-electron chi connectivity index (χ3n) is 4.00. The molecular weight excluding hydrogens is 266 g/mol. The molecule has 1 N–H and O–H groups in total. The minimum absolute atomic E-state index is 0.0846. The fraction of sp³-hybridized carbons (Fsp3) is 0.923. The predicted molar refractivity (Wildman–Crippen MR) is 72.8 cm³/mol. The van der Waals surface area contributed by atoms with Crippen LogP contribution in [0, 0.1) is 0 Å². The lowest BCUT2D eigenvalue weighted by Crippen LogP contribution is -2.56. The number of carbonyl (C=O) groups excluding carboxylic acids is 1. The van der Waals surface area contributed by atoms with Crippen molar-refractivity contribution in [1.82, 2.24) is 5.32 Å². The van der Waals surface area contributed by atoms with Gasteiger partial charge >= 0.3 is 6.09 Å². The summed E-state index contributed by atoms with van der Waals surface area (Å²) < 4.78 is 28.9. The van der Waals surface area contributed by atoms with Gasteiger partial charge in [0.1, 0.15) is 5.60 Å². The second-order valence-electron chi connectivity index (χ2n) is 6.69. The molecule has 1 unspecified atom stereocenters. The molecule has 1 aliphatic carbocycles. The van der Waals surface area contributed by atoms with Crippen molar-refractivity contribution in [3.05, 3.63) is 0 Å². The summed E-state index contributed by atoms with van der Waals surface area (Å²) >= 11 is 0. The number of alkyl carbamates (subject to hydrolysis) is 1. The summed E-state index contributed by atoms with van der Waals surface area (Å²) in [5.41, 5.74) is -0.529. The minimum atomic E-state index is -2.98. The normalized spacial score (nSPS) is 28.5. The van der Waals surface area contributed by atoms with Gasteiger partial charge in [0.15, 0.2) is 9.84 Å². The first-order chi connectivity index (χ1) is 8.64. The first kappa shape index (κ1) is 14.6. The quantitative estimate of drug-likeness (QED) is 0.801. The maximum absolute atomic E-state index is 12.1. The third kappa shape index (κ3) is 3.04. The van der Waals surface area contributed by atoms with E-state index in [0.29, 0.717) is 12.8 Å². The molecule has 2 fully saturated rings. The molecule has 1 saturated heterocycles. The maximum Gasteiger partial charge on any atom is 0.407 e. The average molecular weight is 289 g/mol. The Labute approximate surface area is 115 Å². The van der Waals surface area contributed by atoms with Crippen molar-refractivity contribution in [2.45, 2.75) is 69.3 Å². The number of sulfone groups is 1. The van der Waals surface area contributed by atoms with Gasteiger partial charge in [0.25, 0.3) is 0 Å². The monoisotopic (exact) mass is 289 g/mol. The van der Waals surface area contributed by atoms with E-state index in [9.17, 15) is 13.2 Å². The molecule has 110 valence electrons. The SMILES string of the molecule is CC(C)(C)OC(=O)NC1CCS(=O)(=O)C2(CCC2)C1. The highest BCUT2D eigenvalue weighted by atomic mass is 32.2.